The third-order valence-electron chi connectivity index (χ3n) is 1.80. The first-order valence-electron chi connectivity index (χ1n) is 3.80. The molecule has 7 heteroatoms. The summed E-state index contributed by atoms with van der Waals surface area (Å²) in [4.78, 5) is 0. The molecule has 0 fully saturated rings. The fourth-order valence-corrected chi connectivity index (χ4v) is 2.99. The van der Waals surface area contributed by atoms with Crippen molar-refractivity contribution >= 4 is 8.56 Å². The van der Waals surface area contributed by atoms with Crippen molar-refractivity contribution in [3.8, 4) is 0 Å². The van der Waals surface area contributed by atoms with Gasteiger partial charge in [-0.05, 0) is 13.0 Å². The van der Waals surface area contributed by atoms with E-state index < -0.39 is 14.4 Å². The third kappa shape index (κ3) is 2.94. The maximum Gasteiger partial charge on any atom is 0.457 e. The Morgan fingerprint density at radius 2 is 1.69 bits per heavy atom. The van der Waals surface area contributed by atoms with Crippen molar-refractivity contribution in [1.29, 1.82) is 0 Å². The van der Waals surface area contributed by atoms with Crippen LogP contribution >= 0.6 is 0 Å². The lowest BCUT2D eigenvalue weighted by molar-refractivity contribution is -0.0939. The van der Waals surface area contributed by atoms with E-state index in [1.807, 2.05) is 0 Å². The highest BCUT2D eigenvalue weighted by atomic mass is 28.4. The first-order valence-corrected chi connectivity index (χ1v) is 5.83. The van der Waals surface area contributed by atoms with Crippen molar-refractivity contribution < 1.29 is 22.0 Å². The van der Waals surface area contributed by atoms with Crippen molar-refractivity contribution in [2.24, 2.45) is 5.73 Å². The Balaban J connectivity index is 4.50. The second kappa shape index (κ2) is 4.94. The molecule has 3 nitrogen and oxygen atoms in total. The Bertz CT molecular complexity index is 149. The summed E-state index contributed by atoms with van der Waals surface area (Å²) in [6.45, 7) is 0.206. The van der Waals surface area contributed by atoms with E-state index in [2.05, 4.69) is 8.85 Å². The van der Waals surface area contributed by atoms with Crippen LogP contribution in [0.5, 0.6) is 0 Å². The molecule has 0 radical (unpaired) electrons. The highest BCUT2D eigenvalue weighted by Gasteiger charge is 2.61. The smallest absolute Gasteiger partial charge is 0.392 e. The van der Waals surface area contributed by atoms with Gasteiger partial charge in [0.25, 0.3) is 0 Å². The number of hydrogen-bond acceptors (Lipinski definition) is 3. The monoisotopic (exact) mass is 217 g/mol. The van der Waals surface area contributed by atoms with Crippen LogP contribution in [-0.4, -0.2) is 35.1 Å². The first-order chi connectivity index (χ1) is 5.93. The molecule has 0 aromatic carbocycles. The molecule has 2 N–H and O–H groups in total. The Kier molecular flexibility index (Phi) is 4.90. The molecule has 13 heavy (non-hydrogen) atoms. The Morgan fingerprint density at radius 3 is 1.92 bits per heavy atom. The molecule has 0 aromatic heterocycles. The molecule has 0 aromatic rings. The molecule has 0 spiro atoms. The average molecular weight is 217 g/mol. The van der Waals surface area contributed by atoms with Gasteiger partial charge in [-0.1, -0.05) is 0 Å². The van der Waals surface area contributed by atoms with Gasteiger partial charge >= 0.3 is 14.4 Å². The summed E-state index contributed by atoms with van der Waals surface area (Å²) >= 11 is 0. The zero-order valence-corrected chi connectivity index (χ0v) is 8.65. The van der Waals surface area contributed by atoms with E-state index in [0.29, 0.717) is 0 Å². The van der Waals surface area contributed by atoms with Gasteiger partial charge in [-0.3, -0.25) is 0 Å². The molecule has 80 valence electrons. The van der Waals surface area contributed by atoms with Gasteiger partial charge in [0.1, 0.15) is 0 Å². The van der Waals surface area contributed by atoms with E-state index in [4.69, 9.17) is 5.73 Å². The van der Waals surface area contributed by atoms with E-state index in [0.717, 1.165) is 14.2 Å². The molecular formula is C6H14F3NO2Si. The van der Waals surface area contributed by atoms with Crippen LogP contribution < -0.4 is 5.73 Å². The summed E-state index contributed by atoms with van der Waals surface area (Å²) < 4.78 is 46.4. The lowest BCUT2D eigenvalue weighted by Gasteiger charge is -2.28. The molecule has 0 saturated carbocycles. The minimum atomic E-state index is -4.40. The highest BCUT2D eigenvalue weighted by Crippen LogP contribution is 2.33. The van der Waals surface area contributed by atoms with E-state index >= 15 is 0 Å². The quantitative estimate of drug-likeness (QED) is 0.703. The Hall–Kier alpha value is -0.113. The summed E-state index contributed by atoms with van der Waals surface area (Å²) in [5.74, 6) is -4.40. The van der Waals surface area contributed by atoms with Gasteiger partial charge in [-0.25, -0.2) is 0 Å². The second-order valence-electron chi connectivity index (χ2n) is 2.55. The molecule has 0 aliphatic carbocycles. The Labute approximate surface area is 76.3 Å². The zero-order valence-electron chi connectivity index (χ0n) is 7.65. The Morgan fingerprint density at radius 1 is 1.23 bits per heavy atom. The minimum Gasteiger partial charge on any atom is -0.392 e. The minimum absolute atomic E-state index is 0.153. The predicted octanol–water partition coefficient (Wildman–Crippen LogP) is 1.17. The molecule has 0 unspecified atom stereocenters. The average Bonchev–Trinajstić information content (AvgIpc) is 2.05. The van der Waals surface area contributed by atoms with Gasteiger partial charge in [0.15, 0.2) is 0 Å². The number of alkyl halides is 3. The van der Waals surface area contributed by atoms with Crippen LogP contribution in [0.15, 0.2) is 0 Å². The lowest BCUT2D eigenvalue weighted by Crippen LogP contribution is -2.54. The van der Waals surface area contributed by atoms with Crippen molar-refractivity contribution in [3.05, 3.63) is 0 Å². The van der Waals surface area contributed by atoms with Crippen molar-refractivity contribution in [2.75, 3.05) is 20.8 Å². The van der Waals surface area contributed by atoms with E-state index in [-0.39, 0.29) is 19.0 Å². The van der Waals surface area contributed by atoms with Crippen LogP contribution in [0.2, 0.25) is 6.04 Å². The summed E-state index contributed by atoms with van der Waals surface area (Å²) in [6.07, 6.45) is 0.257. The maximum atomic E-state index is 12.5. The number of hydrogen-bond donors (Lipinski definition) is 1. The molecule has 0 aliphatic rings. The molecule has 0 atom stereocenters. The van der Waals surface area contributed by atoms with Crippen molar-refractivity contribution in [1.82, 2.24) is 0 Å². The first kappa shape index (κ1) is 12.9. The van der Waals surface area contributed by atoms with Gasteiger partial charge in [0.2, 0.25) is 0 Å². The molecule has 0 rings (SSSR count). The molecule has 0 bridgehead atoms. The molecular weight excluding hydrogens is 203 g/mol. The third-order valence-corrected chi connectivity index (χ3v) is 5.00. The SMILES string of the molecule is CO[Si](CCCN)(OC)C(F)(F)F. The van der Waals surface area contributed by atoms with Crippen LogP contribution in [-0.2, 0) is 8.85 Å². The molecule has 0 aliphatic heterocycles. The summed E-state index contributed by atoms with van der Waals surface area (Å²) in [5, 5.41) is 0. The standard InChI is InChI=1S/C6H14F3NO2Si/c1-11-13(12-2,5-3-4-10)6(7,8)9/h3-5,10H2,1-2H3. The van der Waals surface area contributed by atoms with Crippen LogP contribution in [0, 0.1) is 0 Å². The zero-order chi connectivity index (χ0) is 10.5. The van der Waals surface area contributed by atoms with Gasteiger partial charge in [0, 0.05) is 20.3 Å². The molecule has 0 saturated heterocycles. The number of nitrogens with two attached hydrogens (primary N) is 1. The normalized spacial score (nSPS) is 13.4. The van der Waals surface area contributed by atoms with E-state index in [1.54, 1.807) is 0 Å². The fraction of sp³-hybridized carbons (Fsp3) is 1.00. The topological polar surface area (TPSA) is 44.5 Å². The molecule has 0 amide bonds. The largest absolute Gasteiger partial charge is 0.457 e. The van der Waals surface area contributed by atoms with Gasteiger partial charge in [-0.2, -0.15) is 13.2 Å². The molecule has 0 heterocycles. The number of halogens is 3. The van der Waals surface area contributed by atoms with Crippen LogP contribution in [0.1, 0.15) is 6.42 Å². The van der Waals surface area contributed by atoms with Crippen molar-refractivity contribution in [3.63, 3.8) is 0 Å². The predicted molar refractivity (Wildman–Crippen MR) is 44.3 cm³/mol. The van der Waals surface area contributed by atoms with Crippen LogP contribution in [0.3, 0.4) is 0 Å². The van der Waals surface area contributed by atoms with Gasteiger partial charge in [0.05, 0.1) is 0 Å². The van der Waals surface area contributed by atoms with Crippen molar-refractivity contribution in [2.45, 2.75) is 18.3 Å². The van der Waals surface area contributed by atoms with E-state index in [1.165, 1.54) is 0 Å². The number of rotatable bonds is 5. The second-order valence-corrected chi connectivity index (χ2v) is 5.94. The maximum absolute atomic E-state index is 12.5. The van der Waals surface area contributed by atoms with Gasteiger partial charge in [-0.15, -0.1) is 0 Å². The summed E-state index contributed by atoms with van der Waals surface area (Å²) in [7, 11) is -1.99. The summed E-state index contributed by atoms with van der Waals surface area (Å²) in [6, 6.07) is -0.153. The van der Waals surface area contributed by atoms with Gasteiger partial charge < -0.3 is 14.6 Å². The van der Waals surface area contributed by atoms with Crippen LogP contribution in [0.25, 0.3) is 0 Å². The van der Waals surface area contributed by atoms with E-state index in [9.17, 15) is 13.2 Å². The van der Waals surface area contributed by atoms with Crippen LogP contribution in [0.4, 0.5) is 13.2 Å². The lowest BCUT2D eigenvalue weighted by atomic mass is 10.5. The summed E-state index contributed by atoms with van der Waals surface area (Å²) in [5.41, 5.74) is 5.13. The highest BCUT2D eigenvalue weighted by molar-refractivity contribution is 6.69. The fourth-order valence-electron chi connectivity index (χ4n) is 0.995.